The zero-order valence-electron chi connectivity index (χ0n) is 3.76. The summed E-state index contributed by atoms with van der Waals surface area (Å²) in [6.45, 7) is 0.223. The second-order valence-corrected chi connectivity index (χ2v) is 1.40. The van der Waals surface area contributed by atoms with Crippen molar-refractivity contribution in [3.63, 3.8) is 0 Å². The summed E-state index contributed by atoms with van der Waals surface area (Å²) < 4.78 is 4.34. The third-order valence-electron chi connectivity index (χ3n) is 0.451. The van der Waals surface area contributed by atoms with Gasteiger partial charge in [-0.1, -0.05) is 0 Å². The number of nitrogens with two attached hydrogens (primary N) is 1. The van der Waals surface area contributed by atoms with Crippen molar-refractivity contribution in [2.24, 2.45) is 5.73 Å². The molecule has 0 aliphatic carbocycles. The molecule has 0 fully saturated rings. The molecule has 0 aliphatic rings. The highest BCUT2D eigenvalue weighted by molar-refractivity contribution is 5.98. The summed E-state index contributed by atoms with van der Waals surface area (Å²) in [5.74, 6) is 0. The van der Waals surface area contributed by atoms with Crippen molar-refractivity contribution in [1.29, 1.82) is 0 Å². The molecule has 1 unspecified atom stereocenters. The van der Waals surface area contributed by atoms with Crippen LogP contribution in [0.3, 0.4) is 0 Å². The normalized spacial score (nSPS) is 13.4. The van der Waals surface area contributed by atoms with Crippen LogP contribution in [0.4, 0.5) is 0 Å². The zero-order chi connectivity index (χ0) is 5.70. The molecular weight excluding hydrogens is 110 g/mol. The van der Waals surface area contributed by atoms with Crippen molar-refractivity contribution in [3.8, 4) is 0 Å². The highest BCUT2D eigenvalue weighted by Gasteiger charge is 1.93. The van der Waals surface area contributed by atoms with Gasteiger partial charge in [0.25, 0.3) is 0 Å². The van der Waals surface area contributed by atoms with E-state index in [0.717, 1.165) is 0 Å². The average molecular weight is 116 g/mol. The first-order valence-corrected chi connectivity index (χ1v) is 2.21. The van der Waals surface area contributed by atoms with E-state index < -0.39 is 6.04 Å². The number of hydrogen-bond acceptors (Lipinski definition) is 3. The second kappa shape index (κ2) is 3.98. The fraction of sp³-hybridized carbons (Fsp3) is 0.667. The number of aldehydes is 1. The molecule has 0 amide bonds. The zero-order valence-corrected chi connectivity index (χ0v) is 4.76. The minimum Gasteiger partial charge on any atom is -0.417 e. The van der Waals surface area contributed by atoms with E-state index in [4.69, 9.17) is 5.73 Å². The lowest BCUT2D eigenvalue weighted by molar-refractivity contribution is -0.109. The van der Waals surface area contributed by atoms with Crippen molar-refractivity contribution in [3.05, 3.63) is 0 Å². The van der Waals surface area contributed by atoms with Gasteiger partial charge in [0.1, 0.15) is 6.29 Å². The van der Waals surface area contributed by atoms with Gasteiger partial charge < -0.3 is 15.0 Å². The Balaban J connectivity index is 2.98. The molecule has 2 N–H and O–H groups in total. The molecule has 3 radical (unpaired) electrons. The van der Waals surface area contributed by atoms with Gasteiger partial charge in [0.15, 0.2) is 0 Å². The Hall–Kier alpha value is -0.193. The van der Waals surface area contributed by atoms with Gasteiger partial charge in [0.2, 0.25) is 10.5 Å². The molecule has 7 heavy (non-hydrogen) atoms. The molecule has 0 aromatic rings. The number of rotatable bonds is 3. The van der Waals surface area contributed by atoms with Gasteiger partial charge in [-0.25, -0.2) is 0 Å². The van der Waals surface area contributed by atoms with Crippen LogP contribution >= 0.6 is 0 Å². The maximum Gasteiger partial charge on any atom is 0.246 e. The van der Waals surface area contributed by atoms with E-state index in [2.05, 4.69) is 14.9 Å². The SMILES string of the molecule is NC(C=O)CO[Si]. The maximum absolute atomic E-state index is 9.67. The van der Waals surface area contributed by atoms with Crippen LogP contribution in [0, 0.1) is 0 Å². The van der Waals surface area contributed by atoms with E-state index in [9.17, 15) is 4.79 Å². The summed E-state index contributed by atoms with van der Waals surface area (Å²) in [6.07, 6.45) is 0.625. The fourth-order valence-corrected chi connectivity index (χ4v) is 0.328. The van der Waals surface area contributed by atoms with Crippen molar-refractivity contribution < 1.29 is 9.22 Å². The Morgan fingerprint density at radius 2 is 2.57 bits per heavy atom. The quantitative estimate of drug-likeness (QED) is 0.365. The van der Waals surface area contributed by atoms with Crippen LogP contribution < -0.4 is 5.73 Å². The summed E-state index contributed by atoms with van der Waals surface area (Å²) in [6, 6.07) is -0.502. The molecule has 0 aromatic carbocycles. The van der Waals surface area contributed by atoms with E-state index in [1.807, 2.05) is 0 Å². The van der Waals surface area contributed by atoms with Gasteiger partial charge in [-0.2, -0.15) is 0 Å². The van der Waals surface area contributed by atoms with Crippen molar-refractivity contribution in [2.45, 2.75) is 6.04 Å². The first kappa shape index (κ1) is 6.81. The average Bonchev–Trinajstić information content (AvgIpc) is 1.68. The van der Waals surface area contributed by atoms with Crippen molar-refractivity contribution in [2.75, 3.05) is 6.61 Å². The Bertz CT molecular complexity index is 58.9. The van der Waals surface area contributed by atoms with E-state index >= 15 is 0 Å². The first-order chi connectivity index (χ1) is 3.31. The van der Waals surface area contributed by atoms with Crippen LogP contribution in [0.25, 0.3) is 0 Å². The van der Waals surface area contributed by atoms with E-state index in [0.29, 0.717) is 6.29 Å². The summed E-state index contributed by atoms with van der Waals surface area (Å²) in [5.41, 5.74) is 5.06. The van der Waals surface area contributed by atoms with Gasteiger partial charge in [-0.05, 0) is 0 Å². The number of carbonyl (C=O) groups excluding carboxylic acids is 1. The standard InChI is InChI=1S/C3H6NO2Si/c4-3(1-5)2-6-7/h1,3H,2,4H2. The molecule has 39 valence electrons. The van der Waals surface area contributed by atoms with Crippen LogP contribution in [0.5, 0.6) is 0 Å². The molecule has 4 heteroatoms. The molecule has 0 saturated carbocycles. The molecule has 1 atom stereocenters. The van der Waals surface area contributed by atoms with E-state index in [1.165, 1.54) is 0 Å². The summed E-state index contributed by atoms with van der Waals surface area (Å²) in [4.78, 5) is 9.67. The predicted molar refractivity (Wildman–Crippen MR) is 25.7 cm³/mol. The minimum absolute atomic E-state index is 0.223. The molecular formula is C3H6NO2Si. The molecule has 0 rings (SSSR count). The summed E-state index contributed by atoms with van der Waals surface area (Å²) in [5, 5.41) is 0. The van der Waals surface area contributed by atoms with E-state index in [1.54, 1.807) is 0 Å². The molecule has 0 aromatic heterocycles. The monoisotopic (exact) mass is 116 g/mol. The summed E-state index contributed by atoms with van der Waals surface area (Å²) in [7, 11) is 2.69. The Morgan fingerprint density at radius 1 is 2.00 bits per heavy atom. The van der Waals surface area contributed by atoms with Gasteiger partial charge in [0.05, 0.1) is 12.6 Å². The molecule has 0 spiro atoms. The van der Waals surface area contributed by atoms with Crippen LogP contribution in [-0.2, 0) is 9.22 Å². The third-order valence-corrected chi connectivity index (χ3v) is 0.617. The van der Waals surface area contributed by atoms with Gasteiger partial charge >= 0.3 is 0 Å². The lowest BCUT2D eigenvalue weighted by Crippen LogP contribution is -2.26. The van der Waals surface area contributed by atoms with E-state index in [-0.39, 0.29) is 6.61 Å². The topological polar surface area (TPSA) is 52.3 Å². The number of hydrogen-bond donors (Lipinski definition) is 1. The van der Waals surface area contributed by atoms with Crippen LogP contribution in [0.2, 0.25) is 0 Å². The highest BCUT2D eigenvalue weighted by Crippen LogP contribution is 1.68. The van der Waals surface area contributed by atoms with Crippen molar-refractivity contribution >= 4 is 16.8 Å². The van der Waals surface area contributed by atoms with Crippen molar-refractivity contribution in [1.82, 2.24) is 0 Å². The Morgan fingerprint density at radius 3 is 2.71 bits per heavy atom. The minimum atomic E-state index is -0.502. The third kappa shape index (κ3) is 3.64. The predicted octanol–water partition coefficient (Wildman–Crippen LogP) is -1.39. The van der Waals surface area contributed by atoms with Crippen LogP contribution in [-0.4, -0.2) is 29.4 Å². The molecule has 0 saturated heterocycles. The Labute approximate surface area is 45.4 Å². The lowest BCUT2D eigenvalue weighted by Gasteiger charge is -1.97. The highest BCUT2D eigenvalue weighted by atomic mass is 28.2. The van der Waals surface area contributed by atoms with Gasteiger partial charge in [-0.15, -0.1) is 0 Å². The largest absolute Gasteiger partial charge is 0.417 e. The molecule has 0 aliphatic heterocycles. The molecule has 3 nitrogen and oxygen atoms in total. The van der Waals surface area contributed by atoms with Gasteiger partial charge in [-0.3, -0.25) is 0 Å². The van der Waals surface area contributed by atoms with Crippen LogP contribution in [0.1, 0.15) is 0 Å². The first-order valence-electron chi connectivity index (χ1n) is 1.80. The molecule has 0 heterocycles. The summed E-state index contributed by atoms with van der Waals surface area (Å²) >= 11 is 0. The smallest absolute Gasteiger partial charge is 0.246 e. The second-order valence-electron chi connectivity index (χ2n) is 1.11. The van der Waals surface area contributed by atoms with Gasteiger partial charge in [0, 0.05) is 0 Å². The molecule has 0 bridgehead atoms. The fourth-order valence-electron chi connectivity index (χ4n) is 0.136. The lowest BCUT2D eigenvalue weighted by atomic mass is 10.4. The van der Waals surface area contributed by atoms with Crippen LogP contribution in [0.15, 0.2) is 0 Å². The maximum atomic E-state index is 9.67. The number of carbonyl (C=O) groups is 1. The Kier molecular flexibility index (Phi) is 3.87.